The number of H-pyrrole nitrogens is 1. The zero-order valence-corrected chi connectivity index (χ0v) is 15.7. The minimum atomic E-state index is 0.00504. The number of carbonyl (C=O) groups excluding carboxylic acids is 2. The molecular formula is C20H25N3O4. The van der Waals surface area contributed by atoms with E-state index in [1.54, 1.807) is 38.7 Å². The number of benzene rings is 1. The molecule has 0 saturated carbocycles. The van der Waals surface area contributed by atoms with Gasteiger partial charge in [-0.3, -0.25) is 9.59 Å². The number of nitrogens with one attached hydrogen (secondary N) is 1. The van der Waals surface area contributed by atoms with Gasteiger partial charge in [-0.25, -0.2) is 0 Å². The summed E-state index contributed by atoms with van der Waals surface area (Å²) >= 11 is 0. The van der Waals surface area contributed by atoms with Crippen LogP contribution < -0.4 is 9.47 Å². The lowest BCUT2D eigenvalue weighted by atomic mass is 10.1. The molecule has 3 rings (SSSR count). The van der Waals surface area contributed by atoms with E-state index in [4.69, 9.17) is 9.47 Å². The molecule has 7 nitrogen and oxygen atoms in total. The minimum Gasteiger partial charge on any atom is -0.493 e. The van der Waals surface area contributed by atoms with Crippen molar-refractivity contribution in [2.75, 3.05) is 40.4 Å². The molecule has 1 fully saturated rings. The Morgan fingerprint density at radius 3 is 2.44 bits per heavy atom. The van der Waals surface area contributed by atoms with E-state index in [2.05, 4.69) is 4.98 Å². The van der Waals surface area contributed by atoms with Gasteiger partial charge in [0.15, 0.2) is 11.5 Å². The Morgan fingerprint density at radius 2 is 1.74 bits per heavy atom. The lowest BCUT2D eigenvalue weighted by molar-refractivity contribution is -0.130. The largest absolute Gasteiger partial charge is 0.493 e. The molecule has 1 saturated heterocycles. The third-order valence-electron chi connectivity index (χ3n) is 4.78. The Morgan fingerprint density at radius 1 is 1.00 bits per heavy atom. The third kappa shape index (κ3) is 4.42. The van der Waals surface area contributed by atoms with Gasteiger partial charge in [0.05, 0.1) is 26.2 Å². The van der Waals surface area contributed by atoms with Gasteiger partial charge >= 0.3 is 0 Å². The van der Waals surface area contributed by atoms with Gasteiger partial charge in [-0.15, -0.1) is 0 Å². The highest BCUT2D eigenvalue weighted by Crippen LogP contribution is 2.27. The normalized spacial score (nSPS) is 14.6. The van der Waals surface area contributed by atoms with Crippen LogP contribution in [0.5, 0.6) is 11.5 Å². The molecule has 0 aliphatic carbocycles. The zero-order valence-electron chi connectivity index (χ0n) is 15.7. The highest BCUT2D eigenvalue weighted by atomic mass is 16.5. The number of hydrogen-bond acceptors (Lipinski definition) is 4. The van der Waals surface area contributed by atoms with Crippen molar-refractivity contribution < 1.29 is 19.1 Å². The number of nitrogens with zero attached hydrogens (tertiary/aromatic N) is 2. The predicted molar refractivity (Wildman–Crippen MR) is 101 cm³/mol. The molecule has 2 heterocycles. The van der Waals surface area contributed by atoms with Crippen molar-refractivity contribution >= 4 is 11.8 Å². The maximum atomic E-state index is 12.7. The van der Waals surface area contributed by atoms with Crippen molar-refractivity contribution in [2.45, 2.75) is 12.8 Å². The summed E-state index contributed by atoms with van der Waals surface area (Å²) in [5, 5.41) is 0. The van der Waals surface area contributed by atoms with Gasteiger partial charge in [0.25, 0.3) is 5.91 Å². The van der Waals surface area contributed by atoms with Crippen molar-refractivity contribution in [1.29, 1.82) is 0 Å². The number of aromatic amines is 1. The summed E-state index contributed by atoms with van der Waals surface area (Å²) in [4.78, 5) is 31.8. The second-order valence-electron chi connectivity index (χ2n) is 6.49. The first-order valence-corrected chi connectivity index (χ1v) is 9.03. The average molecular weight is 371 g/mol. The van der Waals surface area contributed by atoms with Crippen LogP contribution in [0, 0.1) is 0 Å². The molecule has 1 N–H and O–H groups in total. The molecule has 1 aliphatic rings. The van der Waals surface area contributed by atoms with E-state index in [1.165, 1.54) is 0 Å². The number of rotatable bonds is 5. The minimum absolute atomic E-state index is 0.00504. The maximum Gasteiger partial charge on any atom is 0.255 e. The van der Waals surface area contributed by atoms with Crippen molar-refractivity contribution in [1.82, 2.24) is 14.8 Å². The van der Waals surface area contributed by atoms with E-state index >= 15 is 0 Å². The first-order chi connectivity index (χ1) is 13.1. The highest BCUT2D eigenvalue weighted by Gasteiger charge is 2.23. The second-order valence-corrected chi connectivity index (χ2v) is 6.49. The summed E-state index contributed by atoms with van der Waals surface area (Å²) in [5.41, 5.74) is 1.53. The summed E-state index contributed by atoms with van der Waals surface area (Å²) in [6, 6.07) is 7.28. The van der Waals surface area contributed by atoms with Gasteiger partial charge < -0.3 is 24.3 Å². The molecule has 1 aromatic heterocycles. The predicted octanol–water partition coefficient (Wildman–Crippen LogP) is 1.95. The van der Waals surface area contributed by atoms with Crippen LogP contribution >= 0.6 is 0 Å². The van der Waals surface area contributed by atoms with Crippen LogP contribution in [0.2, 0.25) is 0 Å². The summed E-state index contributed by atoms with van der Waals surface area (Å²) in [6.45, 7) is 2.40. The first kappa shape index (κ1) is 18.8. The van der Waals surface area contributed by atoms with Crippen molar-refractivity contribution in [2.24, 2.45) is 0 Å². The van der Waals surface area contributed by atoms with Crippen LogP contribution in [0.1, 0.15) is 22.3 Å². The molecule has 0 unspecified atom stereocenters. The topological polar surface area (TPSA) is 74.9 Å². The molecule has 144 valence electrons. The fraction of sp³-hybridized carbons (Fsp3) is 0.400. The van der Waals surface area contributed by atoms with Gasteiger partial charge in [0.1, 0.15) is 0 Å². The van der Waals surface area contributed by atoms with E-state index in [0.717, 1.165) is 12.0 Å². The van der Waals surface area contributed by atoms with E-state index in [1.807, 2.05) is 21.9 Å². The van der Waals surface area contributed by atoms with Crippen LogP contribution in [-0.4, -0.2) is 67.0 Å². The Hall–Kier alpha value is -2.96. The maximum absolute atomic E-state index is 12.7. The molecule has 0 bridgehead atoms. The number of carbonyl (C=O) groups is 2. The van der Waals surface area contributed by atoms with E-state index in [0.29, 0.717) is 49.7 Å². The van der Waals surface area contributed by atoms with E-state index in [-0.39, 0.29) is 11.8 Å². The average Bonchev–Trinajstić information content (AvgIpc) is 3.11. The number of hydrogen-bond donors (Lipinski definition) is 1. The van der Waals surface area contributed by atoms with Crippen LogP contribution in [0.4, 0.5) is 0 Å². The van der Waals surface area contributed by atoms with Gasteiger partial charge in [0.2, 0.25) is 5.91 Å². The highest BCUT2D eigenvalue weighted by molar-refractivity contribution is 5.94. The first-order valence-electron chi connectivity index (χ1n) is 9.03. The lowest BCUT2D eigenvalue weighted by Crippen LogP contribution is -2.37. The molecule has 2 amide bonds. The summed E-state index contributed by atoms with van der Waals surface area (Å²) in [6.07, 6.45) is 4.51. The number of methoxy groups -OCH3 is 2. The monoisotopic (exact) mass is 371 g/mol. The third-order valence-corrected chi connectivity index (χ3v) is 4.78. The molecule has 1 aliphatic heterocycles. The number of aromatic nitrogens is 1. The molecule has 7 heteroatoms. The fourth-order valence-electron chi connectivity index (χ4n) is 3.29. The lowest BCUT2D eigenvalue weighted by Gasteiger charge is -2.22. The number of amides is 2. The van der Waals surface area contributed by atoms with E-state index in [9.17, 15) is 9.59 Å². The Balaban J connectivity index is 1.60. The van der Waals surface area contributed by atoms with Crippen LogP contribution in [0.15, 0.2) is 36.7 Å². The SMILES string of the molecule is COc1ccc(CC(=O)N2CCCN(C(=O)c3cc[nH]c3)CC2)cc1OC. The zero-order chi connectivity index (χ0) is 19.2. The van der Waals surface area contributed by atoms with Crippen molar-refractivity contribution in [3.8, 4) is 11.5 Å². The Kier molecular flexibility index (Phi) is 6.01. The standard InChI is InChI=1S/C20H25N3O4/c1-26-17-5-4-15(12-18(17)27-2)13-19(24)22-8-3-9-23(11-10-22)20(25)16-6-7-21-14-16/h4-7,12,14,21H,3,8-11,13H2,1-2H3. The molecule has 2 aromatic rings. The Bertz CT molecular complexity index is 789. The summed E-state index contributed by atoms with van der Waals surface area (Å²) in [7, 11) is 3.16. The fourth-order valence-corrected chi connectivity index (χ4v) is 3.29. The van der Waals surface area contributed by atoms with Crippen molar-refractivity contribution in [3.63, 3.8) is 0 Å². The van der Waals surface area contributed by atoms with Crippen molar-refractivity contribution in [3.05, 3.63) is 47.8 Å². The quantitative estimate of drug-likeness (QED) is 0.872. The molecule has 0 spiro atoms. The second kappa shape index (κ2) is 8.62. The molecule has 27 heavy (non-hydrogen) atoms. The smallest absolute Gasteiger partial charge is 0.255 e. The molecular weight excluding hydrogens is 346 g/mol. The van der Waals surface area contributed by atoms with Crippen LogP contribution in [-0.2, 0) is 11.2 Å². The Labute approximate surface area is 158 Å². The van der Waals surface area contributed by atoms with Crippen LogP contribution in [0.25, 0.3) is 0 Å². The van der Waals surface area contributed by atoms with Gasteiger partial charge in [-0.2, -0.15) is 0 Å². The van der Waals surface area contributed by atoms with Gasteiger partial charge in [0, 0.05) is 38.6 Å². The van der Waals surface area contributed by atoms with E-state index < -0.39 is 0 Å². The van der Waals surface area contributed by atoms with Crippen LogP contribution in [0.3, 0.4) is 0 Å². The summed E-state index contributed by atoms with van der Waals surface area (Å²) < 4.78 is 10.5. The number of ether oxygens (including phenoxy) is 2. The van der Waals surface area contributed by atoms with Gasteiger partial charge in [-0.05, 0) is 30.2 Å². The molecule has 0 atom stereocenters. The summed E-state index contributed by atoms with van der Waals surface area (Å²) in [5.74, 6) is 1.31. The van der Waals surface area contributed by atoms with Gasteiger partial charge in [-0.1, -0.05) is 6.07 Å². The molecule has 0 radical (unpaired) electrons. The molecule has 1 aromatic carbocycles.